The van der Waals surface area contributed by atoms with Gasteiger partial charge >= 0.3 is 0 Å². The Morgan fingerprint density at radius 1 is 1.23 bits per heavy atom. The molecule has 0 spiro atoms. The third-order valence-corrected chi connectivity index (χ3v) is 3.79. The number of hydrogen-bond donors (Lipinski definition) is 2. The highest BCUT2D eigenvalue weighted by Gasteiger charge is 2.09. The van der Waals surface area contributed by atoms with Crippen LogP contribution in [0.2, 0.25) is 0 Å². The van der Waals surface area contributed by atoms with Crippen molar-refractivity contribution in [1.29, 1.82) is 0 Å². The molecule has 0 aliphatic rings. The summed E-state index contributed by atoms with van der Waals surface area (Å²) in [5.74, 6) is 2.72. The second-order valence-corrected chi connectivity index (χ2v) is 6.69. The minimum absolute atomic E-state index is 0.0125. The minimum Gasteiger partial charge on any atom is -0.489 e. The van der Waals surface area contributed by atoms with Gasteiger partial charge in [0, 0.05) is 12.6 Å². The van der Waals surface area contributed by atoms with E-state index in [4.69, 9.17) is 9.26 Å². The molecule has 1 aromatic heterocycles. The zero-order valence-corrected chi connectivity index (χ0v) is 16.4. The molecule has 142 valence electrons. The summed E-state index contributed by atoms with van der Waals surface area (Å²) in [4.78, 5) is 4.55. The van der Waals surface area contributed by atoms with Crippen LogP contribution in [-0.2, 0) is 6.54 Å². The van der Waals surface area contributed by atoms with E-state index in [9.17, 15) is 0 Å². The number of rotatable bonds is 8. The van der Waals surface area contributed by atoms with Crippen molar-refractivity contribution in [3.8, 4) is 5.75 Å². The molecule has 6 nitrogen and oxygen atoms in total. The molecule has 1 unspecified atom stereocenters. The van der Waals surface area contributed by atoms with Gasteiger partial charge in [-0.25, -0.2) is 4.99 Å². The third-order valence-electron chi connectivity index (χ3n) is 3.79. The molecule has 2 rings (SSSR count). The van der Waals surface area contributed by atoms with Crippen LogP contribution in [0.4, 0.5) is 0 Å². The fourth-order valence-electron chi connectivity index (χ4n) is 2.38. The molecule has 1 heterocycles. The second kappa shape index (κ2) is 9.85. The first-order valence-corrected chi connectivity index (χ1v) is 9.19. The van der Waals surface area contributed by atoms with Crippen molar-refractivity contribution in [3.63, 3.8) is 0 Å². The van der Waals surface area contributed by atoms with Gasteiger partial charge < -0.3 is 19.9 Å². The fourth-order valence-corrected chi connectivity index (χ4v) is 2.38. The molecule has 0 aliphatic heterocycles. The van der Waals surface area contributed by atoms with Gasteiger partial charge in [0.15, 0.2) is 11.7 Å². The smallest absolute Gasteiger partial charge is 0.191 e. The summed E-state index contributed by atoms with van der Waals surface area (Å²) in [5.41, 5.74) is 2.14. The number of aliphatic imine (C=N–C) groups is 1. The zero-order valence-electron chi connectivity index (χ0n) is 16.4. The summed E-state index contributed by atoms with van der Waals surface area (Å²) in [6, 6.07) is 10.0. The van der Waals surface area contributed by atoms with Crippen molar-refractivity contribution in [2.24, 2.45) is 4.99 Å². The maximum Gasteiger partial charge on any atom is 0.191 e. The van der Waals surface area contributed by atoms with E-state index in [1.807, 2.05) is 38.1 Å². The molecule has 2 N–H and O–H groups in total. The van der Waals surface area contributed by atoms with Crippen molar-refractivity contribution in [2.75, 3.05) is 13.1 Å². The fraction of sp³-hybridized carbons (Fsp3) is 0.500. The normalized spacial score (nSPS) is 12.9. The molecule has 26 heavy (non-hydrogen) atoms. The first-order valence-electron chi connectivity index (χ1n) is 9.19. The number of aromatic nitrogens is 1. The quantitative estimate of drug-likeness (QED) is 0.557. The number of nitrogens with one attached hydrogen (secondary N) is 2. The first kappa shape index (κ1) is 19.8. The van der Waals surface area contributed by atoms with Crippen LogP contribution in [0.5, 0.6) is 5.75 Å². The molecule has 0 saturated heterocycles. The molecule has 2 aromatic rings. The van der Waals surface area contributed by atoms with E-state index in [1.54, 1.807) is 0 Å². The Bertz CT molecular complexity index is 709. The highest BCUT2D eigenvalue weighted by Crippen LogP contribution is 2.15. The molecule has 0 amide bonds. The summed E-state index contributed by atoms with van der Waals surface area (Å²) >= 11 is 0. The number of aryl methyl sites for hydroxylation is 1. The van der Waals surface area contributed by atoms with Crippen molar-refractivity contribution in [1.82, 2.24) is 15.8 Å². The largest absolute Gasteiger partial charge is 0.489 e. The summed E-state index contributed by atoms with van der Waals surface area (Å²) in [6.45, 7) is 12.2. The van der Waals surface area contributed by atoms with Gasteiger partial charge in [-0.2, -0.15) is 0 Å². The minimum atomic E-state index is 0.0125. The summed E-state index contributed by atoms with van der Waals surface area (Å²) in [6.07, 6.45) is 0.0125. The van der Waals surface area contributed by atoms with E-state index < -0.39 is 0 Å². The van der Waals surface area contributed by atoms with Crippen molar-refractivity contribution in [3.05, 3.63) is 47.3 Å². The number of guanidine groups is 1. The standard InChI is InChI=1S/C20H30N4O2/c1-6-21-20(23-13-18-11-19(14(2)3)24-26-18)22-12-16(5)25-17-9-7-8-15(4)10-17/h7-11,14,16H,6,12-13H2,1-5H3,(H2,21,22,23). The van der Waals surface area contributed by atoms with E-state index >= 15 is 0 Å². The molecule has 1 atom stereocenters. The van der Waals surface area contributed by atoms with Gasteiger partial charge in [0.2, 0.25) is 0 Å². The Balaban J connectivity index is 1.87. The van der Waals surface area contributed by atoms with Crippen LogP contribution in [0, 0.1) is 6.92 Å². The number of benzene rings is 1. The lowest BCUT2D eigenvalue weighted by atomic mass is 10.1. The van der Waals surface area contributed by atoms with E-state index in [0.717, 1.165) is 29.7 Å². The Morgan fingerprint density at radius 2 is 2.04 bits per heavy atom. The maximum absolute atomic E-state index is 5.94. The highest BCUT2D eigenvalue weighted by atomic mass is 16.5. The highest BCUT2D eigenvalue weighted by molar-refractivity contribution is 5.79. The lowest BCUT2D eigenvalue weighted by molar-refractivity contribution is 0.223. The molecule has 0 bridgehead atoms. The van der Waals surface area contributed by atoms with E-state index in [1.165, 1.54) is 5.56 Å². The Labute approximate surface area is 156 Å². The van der Waals surface area contributed by atoms with Gasteiger partial charge in [0.05, 0.1) is 12.2 Å². The molecular weight excluding hydrogens is 328 g/mol. The van der Waals surface area contributed by atoms with Gasteiger partial charge in [0.1, 0.15) is 18.4 Å². The molecule has 0 radical (unpaired) electrons. The molecular formula is C20H30N4O2. The van der Waals surface area contributed by atoms with Crippen LogP contribution in [0.25, 0.3) is 0 Å². The average Bonchev–Trinajstić information content (AvgIpc) is 3.07. The first-order chi connectivity index (χ1) is 12.5. The molecule has 6 heteroatoms. The van der Waals surface area contributed by atoms with Crippen LogP contribution in [-0.4, -0.2) is 30.3 Å². The summed E-state index contributed by atoms with van der Waals surface area (Å²) in [5, 5.41) is 10.6. The average molecular weight is 358 g/mol. The Hall–Kier alpha value is -2.50. The van der Waals surface area contributed by atoms with Gasteiger partial charge in [-0.1, -0.05) is 31.1 Å². The van der Waals surface area contributed by atoms with Gasteiger partial charge in [-0.3, -0.25) is 0 Å². The molecule has 0 fully saturated rings. The lowest BCUT2D eigenvalue weighted by Crippen LogP contribution is -2.41. The molecule has 1 aromatic carbocycles. The topological polar surface area (TPSA) is 71.7 Å². The van der Waals surface area contributed by atoms with Crippen LogP contribution in [0.3, 0.4) is 0 Å². The Morgan fingerprint density at radius 3 is 2.69 bits per heavy atom. The number of nitrogens with zero attached hydrogens (tertiary/aromatic N) is 2. The van der Waals surface area contributed by atoms with Crippen LogP contribution >= 0.6 is 0 Å². The van der Waals surface area contributed by atoms with E-state index in [0.29, 0.717) is 19.0 Å². The van der Waals surface area contributed by atoms with Crippen molar-refractivity contribution in [2.45, 2.75) is 53.2 Å². The van der Waals surface area contributed by atoms with Gasteiger partial charge in [0.25, 0.3) is 0 Å². The van der Waals surface area contributed by atoms with Gasteiger partial charge in [-0.05, 0) is 44.4 Å². The van der Waals surface area contributed by atoms with E-state index in [-0.39, 0.29) is 6.10 Å². The third kappa shape index (κ3) is 6.43. The SMILES string of the molecule is CCNC(=NCc1cc(C(C)C)no1)NCC(C)Oc1cccc(C)c1. The maximum atomic E-state index is 5.94. The van der Waals surface area contributed by atoms with Crippen LogP contribution in [0.1, 0.15) is 50.6 Å². The Kier molecular flexibility index (Phi) is 7.51. The summed E-state index contributed by atoms with van der Waals surface area (Å²) < 4.78 is 11.3. The predicted molar refractivity (Wildman–Crippen MR) is 105 cm³/mol. The zero-order chi connectivity index (χ0) is 18.9. The van der Waals surface area contributed by atoms with E-state index in [2.05, 4.69) is 47.6 Å². The van der Waals surface area contributed by atoms with Gasteiger partial charge in [-0.15, -0.1) is 0 Å². The molecule has 0 saturated carbocycles. The van der Waals surface area contributed by atoms with Crippen LogP contribution < -0.4 is 15.4 Å². The monoisotopic (exact) mass is 358 g/mol. The van der Waals surface area contributed by atoms with Crippen molar-refractivity contribution >= 4 is 5.96 Å². The number of ether oxygens (including phenoxy) is 1. The second-order valence-electron chi connectivity index (χ2n) is 6.69. The lowest BCUT2D eigenvalue weighted by Gasteiger charge is -2.17. The summed E-state index contributed by atoms with van der Waals surface area (Å²) in [7, 11) is 0. The number of hydrogen-bond acceptors (Lipinski definition) is 4. The predicted octanol–water partition coefficient (Wildman–Crippen LogP) is 3.63. The van der Waals surface area contributed by atoms with Crippen molar-refractivity contribution < 1.29 is 9.26 Å². The molecule has 0 aliphatic carbocycles. The van der Waals surface area contributed by atoms with Crippen LogP contribution in [0.15, 0.2) is 39.8 Å².